The van der Waals surface area contributed by atoms with Crippen LogP contribution in [-0.2, 0) is 19.2 Å². The Bertz CT molecular complexity index is 5330. The molecule has 0 bridgehead atoms. The maximum absolute atomic E-state index is 16.0. The Morgan fingerprint density at radius 2 is 0.518 bits per heavy atom. The minimum Gasteiger partial charge on any atom is -0.457 e. The number of imide groups is 2. The first kappa shape index (κ1) is 72.7. The molecule has 4 aliphatic carbocycles. The molecule has 114 heavy (non-hydrogen) atoms. The zero-order valence-electron chi connectivity index (χ0n) is 61.7. The molecule has 0 saturated heterocycles. The highest BCUT2D eigenvalue weighted by Gasteiger charge is 2.43. The molecule has 0 unspecified atom stereocenters. The van der Waals surface area contributed by atoms with Gasteiger partial charge in [0.15, 0.2) is 0 Å². The summed E-state index contributed by atoms with van der Waals surface area (Å²) < 4.78 is 52.3. The zero-order chi connectivity index (χ0) is 77.8. The third-order valence-electron chi connectivity index (χ3n) is 20.8. The summed E-state index contributed by atoms with van der Waals surface area (Å²) in [4.78, 5) is 128. The van der Waals surface area contributed by atoms with Gasteiger partial charge in [0.1, 0.15) is 69.0 Å². The fraction of sp³-hybridized carbons (Fsp3) is 0.170. The van der Waals surface area contributed by atoms with Crippen molar-refractivity contribution < 1.29 is 76.3 Å². The molecule has 2 aliphatic heterocycles. The molecule has 17 rings (SSSR count). The topological polar surface area (TPSA) is 243 Å². The van der Waals surface area contributed by atoms with E-state index in [2.05, 4.69) is 58.6 Å². The van der Waals surface area contributed by atoms with Gasteiger partial charge in [-0.2, -0.15) is 0 Å². The third-order valence-corrected chi connectivity index (χ3v) is 20.8. The van der Waals surface area contributed by atoms with Gasteiger partial charge in [-0.15, -0.1) is 0 Å². The van der Waals surface area contributed by atoms with Crippen molar-refractivity contribution in [1.29, 1.82) is 0 Å². The van der Waals surface area contributed by atoms with Crippen LogP contribution >= 0.6 is 0 Å². The molecule has 0 spiro atoms. The van der Waals surface area contributed by atoms with Gasteiger partial charge in [0.25, 0.3) is 23.6 Å². The first-order chi connectivity index (χ1) is 55.8. The molecule has 0 saturated carbocycles. The molecule has 4 heterocycles. The number of fused-ring (bicyclic) bond motifs is 2. The second kappa shape index (κ2) is 32.1. The van der Waals surface area contributed by atoms with Gasteiger partial charge >= 0.3 is 23.9 Å². The van der Waals surface area contributed by atoms with Gasteiger partial charge in [0.05, 0.1) is 33.6 Å². The lowest BCUT2D eigenvalue weighted by Gasteiger charge is -2.32. The fourth-order valence-corrected chi connectivity index (χ4v) is 15.4. The van der Waals surface area contributed by atoms with Crippen molar-refractivity contribution >= 4 is 102 Å². The molecule has 564 valence electrons. The summed E-state index contributed by atoms with van der Waals surface area (Å²) in [5.74, 6) is -3.07. The number of anilines is 2. The Hall–Kier alpha value is -14.1. The SMILES string of the molecule is O=C(CCCC1=CC=CC1)Oc1ccc(Oc2cc3c4c(cc(Oc5ccc(OC(=O)CCCC6=CC=CC6)cc5)c5c6c(Oc7ccc(OC(=O)CCCC8=CC=CC8)cc7)cc7c8c(cc(Oc9ccc(OC(=O)CCCC%10=CC=CC%10)cc9)c(c2c45)c86)C(=O)N(c2ccncc2)C7=O)C(=O)N(c2ccncc2)C3=O)cc1. The molecule has 9 aromatic carbocycles. The average Bonchev–Trinajstić information content (AvgIpc) is 0.726. The van der Waals surface area contributed by atoms with E-state index >= 15 is 19.2 Å². The minimum absolute atomic E-state index is 0.00598. The second-order valence-electron chi connectivity index (χ2n) is 28.4. The lowest BCUT2D eigenvalue weighted by atomic mass is 9.80. The lowest BCUT2D eigenvalue weighted by Crippen LogP contribution is -2.40. The van der Waals surface area contributed by atoms with E-state index in [0.717, 1.165) is 61.2 Å². The molecule has 6 aliphatic rings. The summed E-state index contributed by atoms with van der Waals surface area (Å²) in [7, 11) is 0. The highest BCUT2D eigenvalue weighted by Crippen LogP contribution is 2.58. The molecule has 0 fully saturated rings. The van der Waals surface area contributed by atoms with Crippen LogP contribution in [0.1, 0.15) is 144 Å². The second-order valence-corrected chi connectivity index (χ2v) is 28.4. The number of pyridine rings is 2. The number of aromatic nitrogens is 2. The Labute approximate surface area is 654 Å². The quantitative estimate of drug-likeness (QED) is 0.0134. The smallest absolute Gasteiger partial charge is 0.311 e. The van der Waals surface area contributed by atoms with Crippen molar-refractivity contribution in [3.63, 3.8) is 0 Å². The normalized spacial score (nSPS) is 14.5. The van der Waals surface area contributed by atoms with Crippen molar-refractivity contribution in [2.45, 2.75) is 103 Å². The van der Waals surface area contributed by atoms with Crippen molar-refractivity contribution in [3.05, 3.63) is 288 Å². The van der Waals surface area contributed by atoms with E-state index < -0.39 is 47.5 Å². The van der Waals surface area contributed by atoms with Gasteiger partial charge in [-0.1, -0.05) is 95.2 Å². The molecule has 0 N–H and O–H groups in total. The van der Waals surface area contributed by atoms with E-state index in [1.165, 1.54) is 95.6 Å². The number of nitrogens with zero attached hydrogens (tertiary/aromatic N) is 4. The number of hydrogen-bond acceptors (Lipinski definition) is 18. The lowest BCUT2D eigenvalue weighted by molar-refractivity contribution is -0.135. The fourth-order valence-electron chi connectivity index (χ4n) is 15.4. The summed E-state index contributed by atoms with van der Waals surface area (Å²) in [6.07, 6.45) is 39.8. The Morgan fingerprint density at radius 3 is 0.737 bits per heavy atom. The Balaban J connectivity index is 0.877. The molecule has 0 radical (unpaired) electrons. The number of rotatable bonds is 30. The molecule has 0 atom stereocenters. The van der Waals surface area contributed by atoms with Crippen LogP contribution in [0.3, 0.4) is 0 Å². The molecular formula is C94H72N4O16. The molecule has 11 aromatic rings. The molecular weight excluding hydrogens is 1440 g/mol. The van der Waals surface area contributed by atoms with Crippen LogP contribution in [0, 0.1) is 0 Å². The summed E-state index contributed by atoms with van der Waals surface area (Å²) in [6, 6.07) is 37.8. The maximum atomic E-state index is 16.0. The maximum Gasteiger partial charge on any atom is 0.311 e. The van der Waals surface area contributed by atoms with Gasteiger partial charge in [-0.3, -0.25) is 48.3 Å². The van der Waals surface area contributed by atoms with Crippen LogP contribution in [0.25, 0.3) is 43.1 Å². The van der Waals surface area contributed by atoms with E-state index in [4.69, 9.17) is 37.9 Å². The monoisotopic (exact) mass is 1510 g/mol. The summed E-state index contributed by atoms with van der Waals surface area (Å²) in [5.41, 5.74) is 5.29. The molecule has 20 nitrogen and oxygen atoms in total. The first-order valence-corrected chi connectivity index (χ1v) is 38.1. The van der Waals surface area contributed by atoms with Crippen molar-refractivity contribution in [3.8, 4) is 69.0 Å². The largest absolute Gasteiger partial charge is 0.457 e. The van der Waals surface area contributed by atoms with Crippen LogP contribution in [0.5, 0.6) is 69.0 Å². The van der Waals surface area contributed by atoms with E-state index in [-0.39, 0.29) is 171 Å². The highest BCUT2D eigenvalue weighted by molar-refractivity contribution is 6.48. The van der Waals surface area contributed by atoms with Gasteiger partial charge in [0, 0.05) is 93.6 Å². The molecule has 2 aromatic heterocycles. The van der Waals surface area contributed by atoms with E-state index in [1.807, 2.05) is 24.3 Å². The van der Waals surface area contributed by atoms with E-state index in [9.17, 15) is 19.2 Å². The number of benzene rings is 9. The number of esters is 4. The summed E-state index contributed by atoms with van der Waals surface area (Å²) in [6.45, 7) is 0. The van der Waals surface area contributed by atoms with Crippen LogP contribution in [0.4, 0.5) is 11.4 Å². The number of carbonyl (C=O) groups is 8. The predicted molar refractivity (Wildman–Crippen MR) is 430 cm³/mol. The van der Waals surface area contributed by atoms with Crippen LogP contribution < -0.4 is 47.7 Å². The number of allylic oxidation sites excluding steroid dienone is 16. The van der Waals surface area contributed by atoms with Gasteiger partial charge in [0.2, 0.25) is 0 Å². The average molecular weight is 1510 g/mol. The van der Waals surface area contributed by atoms with Gasteiger partial charge < -0.3 is 37.9 Å². The number of amides is 4. The number of hydrogen-bond donors (Lipinski definition) is 0. The van der Waals surface area contributed by atoms with Crippen molar-refractivity contribution in [2.24, 2.45) is 0 Å². The van der Waals surface area contributed by atoms with Crippen LogP contribution in [0.2, 0.25) is 0 Å². The number of carbonyl (C=O) groups excluding carboxylic acids is 8. The van der Waals surface area contributed by atoms with Crippen molar-refractivity contribution in [2.75, 3.05) is 9.80 Å². The minimum atomic E-state index is -0.750. The van der Waals surface area contributed by atoms with E-state index in [0.29, 0.717) is 25.7 Å². The summed E-state index contributed by atoms with van der Waals surface area (Å²) in [5, 5.41) is 1.41. The van der Waals surface area contributed by atoms with Crippen molar-refractivity contribution in [1.82, 2.24) is 9.97 Å². The highest BCUT2D eigenvalue weighted by atomic mass is 16.6. The van der Waals surface area contributed by atoms with Gasteiger partial charge in [-0.05, 0) is 223 Å². The molecule has 4 amide bonds. The van der Waals surface area contributed by atoms with Crippen LogP contribution in [-0.4, -0.2) is 57.5 Å². The zero-order valence-corrected chi connectivity index (χ0v) is 61.7. The Kier molecular flexibility index (Phi) is 20.4. The Morgan fingerprint density at radius 1 is 0.289 bits per heavy atom. The molecule has 20 heteroatoms. The van der Waals surface area contributed by atoms with Crippen LogP contribution in [0.15, 0.2) is 266 Å². The van der Waals surface area contributed by atoms with Gasteiger partial charge in [-0.25, -0.2) is 9.80 Å². The predicted octanol–water partition coefficient (Wildman–Crippen LogP) is 21.1. The third kappa shape index (κ3) is 15.2. The first-order valence-electron chi connectivity index (χ1n) is 38.1. The summed E-state index contributed by atoms with van der Waals surface area (Å²) >= 11 is 0. The number of ether oxygens (including phenoxy) is 8. The standard InChI is InChI=1S/C94H72N4O16/c99-79(25-9-21-57-13-1-2-14-57)111-67-37-29-63(30-38-67)107-75-53-71-83-72(92(104)97(91(71)103)61-45-49-95-50-46-61)55-77(109-65-33-41-69(42-34-65)113-81(101)27-11-23-59-17-5-6-18-59)87-88-78(110-66-35-43-70(44-36-66)114-82(102)28-12-24-60-19-7-8-20-60)56-74-84-73(93(105)98(94(74)106)62-47-51-96-52-48-62)54-76(86(90(84)88)85(75)89(83)87)108-64-31-39-68(40-32-64)112-80(100)26-10-22-58-15-3-4-16-58/h1-8,13,15,17,19,29-56H,9-12,14,16,18,20-28H2. The van der Waals surface area contributed by atoms with E-state index in [1.54, 1.807) is 97.1 Å².